The normalized spacial score (nSPS) is 24.7. The van der Waals surface area contributed by atoms with Gasteiger partial charge < -0.3 is 20.0 Å². The zero-order valence-electron chi connectivity index (χ0n) is 14.5. The van der Waals surface area contributed by atoms with E-state index in [1.807, 2.05) is 11.9 Å². The van der Waals surface area contributed by atoms with Crippen molar-refractivity contribution in [2.24, 2.45) is 5.92 Å². The summed E-state index contributed by atoms with van der Waals surface area (Å²) in [6, 6.07) is 0.260. The van der Waals surface area contributed by atoms with Crippen LogP contribution in [0.25, 0.3) is 0 Å². The van der Waals surface area contributed by atoms with E-state index in [-0.39, 0.29) is 23.8 Å². The van der Waals surface area contributed by atoms with Gasteiger partial charge in [-0.05, 0) is 19.9 Å². The number of anilines is 2. The van der Waals surface area contributed by atoms with Crippen LogP contribution in [0.2, 0.25) is 0 Å². The second-order valence-corrected chi connectivity index (χ2v) is 7.27. The summed E-state index contributed by atoms with van der Waals surface area (Å²) in [7, 11) is 2.04. The molecule has 3 fully saturated rings. The van der Waals surface area contributed by atoms with Crippen molar-refractivity contribution in [2.45, 2.75) is 25.3 Å². The zero-order valence-corrected chi connectivity index (χ0v) is 14.5. The van der Waals surface area contributed by atoms with Gasteiger partial charge in [-0.15, -0.1) is 0 Å². The van der Waals surface area contributed by atoms with E-state index in [0.717, 1.165) is 44.8 Å². The molecule has 1 aromatic heterocycles. The molecule has 1 N–H and O–H groups in total. The Labute approximate surface area is 147 Å². The molecule has 134 valence electrons. The van der Waals surface area contributed by atoms with Crippen molar-refractivity contribution in [1.29, 1.82) is 0 Å². The highest BCUT2D eigenvalue weighted by Crippen LogP contribution is 2.28. The average molecular weight is 344 g/mol. The third-order valence-corrected chi connectivity index (χ3v) is 5.37. The number of carbonyl (C=O) groups is 2. The SMILES string of the molecule is CN1CC(N2CC(C(=O)Nc3cncnc3N3CCCC3)CC2=O)C1. The van der Waals surface area contributed by atoms with Crippen LogP contribution in [0.15, 0.2) is 12.5 Å². The number of amides is 2. The molecule has 0 radical (unpaired) electrons. The van der Waals surface area contributed by atoms with Gasteiger partial charge in [-0.2, -0.15) is 0 Å². The Morgan fingerprint density at radius 2 is 2.00 bits per heavy atom. The van der Waals surface area contributed by atoms with Crippen molar-refractivity contribution in [3.05, 3.63) is 12.5 Å². The molecule has 4 heterocycles. The van der Waals surface area contributed by atoms with Gasteiger partial charge in [-0.3, -0.25) is 9.59 Å². The summed E-state index contributed by atoms with van der Waals surface area (Å²) in [5, 5.41) is 2.96. The van der Waals surface area contributed by atoms with Gasteiger partial charge in [0, 0.05) is 39.1 Å². The molecule has 0 aromatic carbocycles. The van der Waals surface area contributed by atoms with Crippen molar-refractivity contribution in [3.63, 3.8) is 0 Å². The molecule has 0 spiro atoms. The fourth-order valence-electron chi connectivity index (χ4n) is 3.95. The molecule has 1 atom stereocenters. The average Bonchev–Trinajstić information content (AvgIpc) is 3.22. The number of hydrogen-bond donors (Lipinski definition) is 1. The summed E-state index contributed by atoms with van der Waals surface area (Å²) in [5.41, 5.74) is 0.642. The van der Waals surface area contributed by atoms with Crippen molar-refractivity contribution in [1.82, 2.24) is 19.8 Å². The molecule has 0 saturated carbocycles. The monoisotopic (exact) mass is 344 g/mol. The molecule has 0 aliphatic carbocycles. The quantitative estimate of drug-likeness (QED) is 0.839. The van der Waals surface area contributed by atoms with Crippen LogP contribution in [-0.2, 0) is 9.59 Å². The van der Waals surface area contributed by atoms with Gasteiger partial charge >= 0.3 is 0 Å². The lowest BCUT2D eigenvalue weighted by atomic mass is 10.1. The van der Waals surface area contributed by atoms with Crippen LogP contribution >= 0.6 is 0 Å². The predicted octanol–water partition coefficient (Wildman–Crippen LogP) is 0.178. The lowest BCUT2D eigenvalue weighted by Crippen LogP contribution is -2.58. The van der Waals surface area contributed by atoms with Gasteiger partial charge in [0.15, 0.2) is 5.82 Å². The summed E-state index contributed by atoms with van der Waals surface area (Å²) in [6.45, 7) is 4.20. The summed E-state index contributed by atoms with van der Waals surface area (Å²) in [4.78, 5) is 39.6. The minimum atomic E-state index is -0.301. The molecular weight excluding hydrogens is 320 g/mol. The molecule has 3 aliphatic rings. The molecule has 25 heavy (non-hydrogen) atoms. The maximum Gasteiger partial charge on any atom is 0.229 e. The zero-order chi connectivity index (χ0) is 17.4. The first-order valence-electron chi connectivity index (χ1n) is 8.95. The van der Waals surface area contributed by atoms with E-state index >= 15 is 0 Å². The first-order valence-corrected chi connectivity index (χ1v) is 8.95. The largest absolute Gasteiger partial charge is 0.355 e. The first-order chi connectivity index (χ1) is 12.1. The molecule has 8 nitrogen and oxygen atoms in total. The van der Waals surface area contributed by atoms with E-state index in [9.17, 15) is 9.59 Å². The van der Waals surface area contributed by atoms with E-state index < -0.39 is 0 Å². The third-order valence-electron chi connectivity index (χ3n) is 5.37. The maximum absolute atomic E-state index is 12.7. The number of aromatic nitrogens is 2. The fraction of sp³-hybridized carbons (Fsp3) is 0.647. The Morgan fingerprint density at radius 3 is 2.72 bits per heavy atom. The van der Waals surface area contributed by atoms with Gasteiger partial charge in [0.25, 0.3) is 0 Å². The van der Waals surface area contributed by atoms with Crippen LogP contribution in [0, 0.1) is 5.92 Å². The number of rotatable bonds is 4. The van der Waals surface area contributed by atoms with E-state index in [1.54, 1.807) is 6.20 Å². The number of nitrogens with one attached hydrogen (secondary N) is 1. The van der Waals surface area contributed by atoms with Crippen LogP contribution in [0.1, 0.15) is 19.3 Å². The number of carbonyl (C=O) groups excluding carboxylic acids is 2. The van der Waals surface area contributed by atoms with Crippen LogP contribution in [0.4, 0.5) is 11.5 Å². The van der Waals surface area contributed by atoms with Crippen LogP contribution in [-0.4, -0.2) is 77.4 Å². The maximum atomic E-state index is 12.7. The second-order valence-electron chi connectivity index (χ2n) is 7.27. The Bertz CT molecular complexity index is 669. The van der Waals surface area contributed by atoms with Gasteiger partial charge in [-0.25, -0.2) is 9.97 Å². The van der Waals surface area contributed by atoms with Crippen LogP contribution < -0.4 is 10.2 Å². The first kappa shape index (κ1) is 16.3. The molecule has 0 bridgehead atoms. The Balaban J connectivity index is 1.42. The van der Waals surface area contributed by atoms with E-state index in [4.69, 9.17) is 0 Å². The molecular formula is C17H24N6O2. The Morgan fingerprint density at radius 1 is 1.24 bits per heavy atom. The van der Waals surface area contributed by atoms with E-state index in [1.165, 1.54) is 6.33 Å². The number of nitrogens with zero attached hydrogens (tertiary/aromatic N) is 5. The Hall–Kier alpha value is -2.22. The smallest absolute Gasteiger partial charge is 0.229 e. The standard InChI is InChI=1S/C17H24N6O2/c1-21-9-13(10-21)23-8-12(6-15(23)24)17(25)20-14-7-18-11-19-16(14)22-4-2-3-5-22/h7,11-13H,2-6,8-10H2,1H3,(H,20,25). The Kier molecular flexibility index (Phi) is 4.29. The topological polar surface area (TPSA) is 81.7 Å². The van der Waals surface area contributed by atoms with Crippen molar-refractivity contribution in [2.75, 3.05) is 50.0 Å². The summed E-state index contributed by atoms with van der Waals surface area (Å²) >= 11 is 0. The highest BCUT2D eigenvalue weighted by molar-refractivity contribution is 5.98. The highest BCUT2D eigenvalue weighted by atomic mass is 16.2. The molecule has 4 rings (SSSR count). The lowest BCUT2D eigenvalue weighted by molar-refractivity contribution is -0.132. The second kappa shape index (κ2) is 6.59. The van der Waals surface area contributed by atoms with Gasteiger partial charge in [0.1, 0.15) is 12.0 Å². The van der Waals surface area contributed by atoms with Gasteiger partial charge in [0.05, 0.1) is 18.2 Å². The molecule has 3 aliphatic heterocycles. The van der Waals surface area contributed by atoms with E-state index in [0.29, 0.717) is 18.7 Å². The predicted molar refractivity (Wildman–Crippen MR) is 93.2 cm³/mol. The van der Waals surface area contributed by atoms with Crippen molar-refractivity contribution in [3.8, 4) is 0 Å². The van der Waals surface area contributed by atoms with Crippen molar-refractivity contribution < 1.29 is 9.59 Å². The minimum Gasteiger partial charge on any atom is -0.355 e. The molecule has 2 amide bonds. The molecule has 8 heteroatoms. The van der Waals surface area contributed by atoms with Gasteiger partial charge in [0.2, 0.25) is 11.8 Å². The molecule has 1 unspecified atom stereocenters. The number of likely N-dealkylation sites (tertiary alicyclic amines) is 2. The van der Waals surface area contributed by atoms with Crippen LogP contribution in [0.5, 0.6) is 0 Å². The molecule has 1 aromatic rings. The molecule has 3 saturated heterocycles. The summed E-state index contributed by atoms with van der Waals surface area (Å²) in [5.74, 6) is 0.453. The third kappa shape index (κ3) is 3.18. The van der Waals surface area contributed by atoms with E-state index in [2.05, 4.69) is 25.1 Å². The van der Waals surface area contributed by atoms with Crippen molar-refractivity contribution >= 4 is 23.3 Å². The number of likely N-dealkylation sites (N-methyl/N-ethyl adjacent to an activating group) is 1. The van der Waals surface area contributed by atoms with Crippen LogP contribution in [0.3, 0.4) is 0 Å². The lowest BCUT2D eigenvalue weighted by Gasteiger charge is -2.42. The van der Waals surface area contributed by atoms with Gasteiger partial charge in [-0.1, -0.05) is 0 Å². The fourth-order valence-corrected chi connectivity index (χ4v) is 3.95. The minimum absolute atomic E-state index is 0.0855. The summed E-state index contributed by atoms with van der Waals surface area (Å²) < 4.78 is 0. The summed E-state index contributed by atoms with van der Waals surface area (Å²) in [6.07, 6.45) is 5.72. The highest BCUT2D eigenvalue weighted by Gasteiger charge is 2.41. The number of hydrogen-bond acceptors (Lipinski definition) is 6.